The first kappa shape index (κ1) is 22.7. The highest BCUT2D eigenvalue weighted by atomic mass is 32.2. The lowest BCUT2D eigenvalue weighted by molar-refractivity contribution is -0.160. The number of benzene rings is 2. The van der Waals surface area contributed by atoms with E-state index in [4.69, 9.17) is 13.8 Å². The van der Waals surface area contributed by atoms with Crippen molar-refractivity contribution in [2.24, 2.45) is 0 Å². The zero-order chi connectivity index (χ0) is 22.8. The second kappa shape index (κ2) is 9.17. The highest BCUT2D eigenvalue weighted by molar-refractivity contribution is 7.94. The van der Waals surface area contributed by atoms with Crippen molar-refractivity contribution in [1.29, 1.82) is 0 Å². The normalized spacial score (nSPS) is 17.4. The van der Waals surface area contributed by atoms with E-state index in [1.54, 1.807) is 4.90 Å². The summed E-state index contributed by atoms with van der Waals surface area (Å²) < 4.78 is 17.0. The molecule has 1 fully saturated rings. The van der Waals surface area contributed by atoms with E-state index in [0.717, 1.165) is 27.3 Å². The van der Waals surface area contributed by atoms with Crippen LogP contribution in [0.25, 0.3) is 5.57 Å². The van der Waals surface area contributed by atoms with E-state index in [2.05, 4.69) is 29.2 Å². The molecule has 0 saturated carbocycles. The van der Waals surface area contributed by atoms with E-state index in [0.29, 0.717) is 25.9 Å². The Bertz CT molecular complexity index is 988. The number of ether oxygens (including phenoxy) is 2. The van der Waals surface area contributed by atoms with Crippen LogP contribution >= 0.6 is 12.0 Å². The van der Waals surface area contributed by atoms with Crippen molar-refractivity contribution in [3.63, 3.8) is 0 Å². The van der Waals surface area contributed by atoms with Crippen LogP contribution < -0.4 is 4.74 Å². The van der Waals surface area contributed by atoms with Crippen LogP contribution in [0.15, 0.2) is 59.5 Å². The van der Waals surface area contributed by atoms with Crippen LogP contribution in [0.5, 0.6) is 5.75 Å². The molecule has 2 aliphatic heterocycles. The maximum atomic E-state index is 12.5. The number of carbonyl (C=O) groups excluding carboxylic acids is 1. The van der Waals surface area contributed by atoms with Gasteiger partial charge >= 0.3 is 6.09 Å². The summed E-state index contributed by atoms with van der Waals surface area (Å²) in [6, 6.07) is 16.3. The molecular weight excluding hydrogens is 426 g/mol. The predicted octanol–water partition coefficient (Wildman–Crippen LogP) is 5.87. The second-order valence-corrected chi connectivity index (χ2v) is 9.80. The number of hydrogen-bond donors (Lipinski definition) is 0. The number of para-hydroxylation sites is 1. The average molecular weight is 456 g/mol. The Morgan fingerprint density at radius 1 is 1.06 bits per heavy atom. The lowest BCUT2D eigenvalue weighted by Gasteiger charge is -2.43. The molecule has 0 bridgehead atoms. The monoisotopic (exact) mass is 455 g/mol. The third-order valence-corrected chi connectivity index (χ3v) is 6.19. The Hall–Kier alpha value is -2.48. The molecule has 32 heavy (non-hydrogen) atoms. The Balaban J connectivity index is 1.58. The van der Waals surface area contributed by atoms with Crippen molar-refractivity contribution in [2.45, 2.75) is 49.7 Å². The smallest absolute Gasteiger partial charge is 0.410 e. The van der Waals surface area contributed by atoms with Gasteiger partial charge in [-0.3, -0.25) is 0 Å². The number of amides is 1. The van der Waals surface area contributed by atoms with Gasteiger partial charge in [0, 0.05) is 36.4 Å². The van der Waals surface area contributed by atoms with Gasteiger partial charge in [0.05, 0.1) is 19.2 Å². The van der Waals surface area contributed by atoms with Gasteiger partial charge in [0.2, 0.25) is 0 Å². The molecular formula is C25H29NO5S. The lowest BCUT2D eigenvalue weighted by atomic mass is 9.83. The van der Waals surface area contributed by atoms with E-state index >= 15 is 0 Å². The molecule has 1 amide bonds. The van der Waals surface area contributed by atoms with E-state index in [1.807, 2.05) is 51.1 Å². The number of likely N-dealkylation sites (tertiary alicyclic amines) is 1. The first-order valence-electron chi connectivity index (χ1n) is 10.8. The standard InChI is InChI=1S/C25H29NO5S/c1-24(2,3)30-23(27)26-15-13-25(14-16-26)17-21(20-7-5-6-8-22(20)29-25)18-9-11-19(12-10-18)32-31-28-4/h5-12,17H,13-16H2,1-4H3. The molecule has 1 spiro atoms. The van der Waals surface area contributed by atoms with E-state index in [1.165, 1.54) is 19.2 Å². The number of rotatable bonds is 4. The fourth-order valence-corrected chi connectivity index (χ4v) is 4.40. The molecule has 0 atom stereocenters. The number of piperidine rings is 1. The third-order valence-electron chi connectivity index (χ3n) is 5.52. The first-order valence-corrected chi connectivity index (χ1v) is 11.5. The summed E-state index contributed by atoms with van der Waals surface area (Å²) in [5, 5.41) is 0. The molecule has 2 aromatic rings. The van der Waals surface area contributed by atoms with E-state index in [-0.39, 0.29) is 6.09 Å². The summed E-state index contributed by atoms with van der Waals surface area (Å²) in [6.07, 6.45) is 3.38. The Kier molecular flexibility index (Phi) is 6.51. The minimum Gasteiger partial charge on any atom is -0.482 e. The van der Waals surface area contributed by atoms with Crippen LogP contribution in [0.1, 0.15) is 44.7 Å². The van der Waals surface area contributed by atoms with Gasteiger partial charge in [-0.1, -0.05) is 30.3 Å². The predicted molar refractivity (Wildman–Crippen MR) is 124 cm³/mol. The van der Waals surface area contributed by atoms with E-state index in [9.17, 15) is 4.79 Å². The lowest BCUT2D eigenvalue weighted by Crippen LogP contribution is -2.50. The minimum absolute atomic E-state index is 0.265. The quantitative estimate of drug-likeness (QED) is 0.327. The van der Waals surface area contributed by atoms with Crippen molar-refractivity contribution in [3.8, 4) is 5.75 Å². The topological polar surface area (TPSA) is 57.2 Å². The van der Waals surface area contributed by atoms with Crippen molar-refractivity contribution in [2.75, 3.05) is 20.2 Å². The summed E-state index contributed by atoms with van der Waals surface area (Å²) in [7, 11) is 1.48. The Morgan fingerprint density at radius 2 is 1.75 bits per heavy atom. The van der Waals surface area contributed by atoms with Gasteiger partial charge in [-0.2, -0.15) is 4.33 Å². The summed E-state index contributed by atoms with van der Waals surface area (Å²) in [5.41, 5.74) is 2.37. The molecule has 2 heterocycles. The summed E-state index contributed by atoms with van der Waals surface area (Å²) in [4.78, 5) is 19.9. The molecule has 1 saturated heterocycles. The van der Waals surface area contributed by atoms with Gasteiger partial charge in [-0.05, 0) is 56.2 Å². The summed E-state index contributed by atoms with van der Waals surface area (Å²) in [6.45, 7) is 6.84. The van der Waals surface area contributed by atoms with E-state index < -0.39 is 11.2 Å². The molecule has 0 radical (unpaired) electrons. The van der Waals surface area contributed by atoms with Crippen LogP contribution in [-0.2, 0) is 14.0 Å². The molecule has 2 aliphatic rings. The Labute approximate surface area is 193 Å². The maximum Gasteiger partial charge on any atom is 0.410 e. The molecule has 0 N–H and O–H groups in total. The van der Waals surface area contributed by atoms with Crippen LogP contribution in [0.4, 0.5) is 4.79 Å². The van der Waals surface area contributed by atoms with Gasteiger partial charge in [-0.25, -0.2) is 9.68 Å². The molecule has 170 valence electrons. The average Bonchev–Trinajstić information content (AvgIpc) is 2.77. The number of nitrogens with zero attached hydrogens (tertiary/aromatic N) is 1. The molecule has 2 aromatic carbocycles. The summed E-state index contributed by atoms with van der Waals surface area (Å²) >= 11 is 1.17. The van der Waals surface area contributed by atoms with Crippen molar-refractivity contribution < 1.29 is 23.5 Å². The fraction of sp³-hybridized carbons (Fsp3) is 0.400. The number of carbonyl (C=O) groups is 1. The highest BCUT2D eigenvalue weighted by Crippen LogP contribution is 2.43. The second-order valence-electron chi connectivity index (χ2n) is 9.03. The van der Waals surface area contributed by atoms with Gasteiger partial charge in [0.15, 0.2) is 0 Å². The minimum atomic E-state index is -0.502. The Morgan fingerprint density at radius 3 is 2.41 bits per heavy atom. The first-order chi connectivity index (χ1) is 15.3. The number of hydrogen-bond acceptors (Lipinski definition) is 6. The van der Waals surface area contributed by atoms with Crippen molar-refractivity contribution in [3.05, 3.63) is 65.7 Å². The highest BCUT2D eigenvalue weighted by Gasteiger charge is 2.40. The van der Waals surface area contributed by atoms with Crippen molar-refractivity contribution in [1.82, 2.24) is 4.90 Å². The summed E-state index contributed by atoms with van der Waals surface area (Å²) in [5.74, 6) is 0.872. The van der Waals surface area contributed by atoms with Gasteiger partial charge in [0.25, 0.3) is 0 Å². The fourth-order valence-electron chi connectivity index (χ4n) is 4.01. The van der Waals surface area contributed by atoms with Crippen LogP contribution in [0.3, 0.4) is 0 Å². The zero-order valence-electron chi connectivity index (χ0n) is 18.9. The molecule has 0 unspecified atom stereocenters. The van der Waals surface area contributed by atoms with Crippen molar-refractivity contribution >= 4 is 23.7 Å². The molecule has 4 rings (SSSR count). The largest absolute Gasteiger partial charge is 0.482 e. The molecule has 6 nitrogen and oxygen atoms in total. The molecule has 0 aliphatic carbocycles. The molecule has 7 heteroatoms. The van der Waals surface area contributed by atoms with Crippen LogP contribution in [-0.4, -0.2) is 42.4 Å². The van der Waals surface area contributed by atoms with Crippen LogP contribution in [0.2, 0.25) is 0 Å². The van der Waals surface area contributed by atoms with Gasteiger partial charge < -0.3 is 14.4 Å². The SMILES string of the molecule is COOSc1ccc(C2=CC3(CCN(C(=O)OC(C)(C)C)CC3)Oc3ccccc32)cc1. The zero-order valence-corrected chi connectivity index (χ0v) is 19.7. The number of fused-ring (bicyclic) bond motifs is 1. The molecule has 0 aromatic heterocycles. The van der Waals surface area contributed by atoms with Crippen LogP contribution in [0, 0.1) is 0 Å². The maximum absolute atomic E-state index is 12.5. The van der Waals surface area contributed by atoms with Gasteiger partial charge in [-0.15, -0.1) is 0 Å². The van der Waals surface area contributed by atoms with Gasteiger partial charge in [0.1, 0.15) is 17.0 Å². The third kappa shape index (κ3) is 5.11.